The van der Waals surface area contributed by atoms with Crippen LogP contribution >= 0.6 is 0 Å². The maximum Gasteiger partial charge on any atom is 0.221 e. The van der Waals surface area contributed by atoms with E-state index in [4.69, 9.17) is 5.73 Å². The van der Waals surface area contributed by atoms with E-state index in [1.54, 1.807) is 7.05 Å². The van der Waals surface area contributed by atoms with Crippen molar-refractivity contribution in [3.05, 3.63) is 0 Å². The van der Waals surface area contributed by atoms with Crippen LogP contribution < -0.4 is 11.1 Å². The SMILES string of the molecule is CNC(=O)CC(CN)N1CCN2CCCCC2C1. The summed E-state index contributed by atoms with van der Waals surface area (Å²) in [4.78, 5) is 16.5. The smallest absolute Gasteiger partial charge is 0.221 e. The molecule has 0 aliphatic carbocycles. The first-order valence-electron chi connectivity index (χ1n) is 7.13. The third-order valence-electron chi connectivity index (χ3n) is 4.36. The number of hydrogen-bond acceptors (Lipinski definition) is 4. The molecule has 2 rings (SSSR count). The molecule has 0 spiro atoms. The Bertz CT molecular complexity index is 284. The summed E-state index contributed by atoms with van der Waals surface area (Å²) in [6.45, 7) is 5.09. The zero-order valence-corrected chi connectivity index (χ0v) is 11.4. The van der Waals surface area contributed by atoms with Crippen LogP contribution in [0.1, 0.15) is 25.7 Å². The lowest BCUT2D eigenvalue weighted by atomic mass is 9.98. The minimum atomic E-state index is 0.0940. The van der Waals surface area contributed by atoms with E-state index < -0.39 is 0 Å². The van der Waals surface area contributed by atoms with E-state index in [0.29, 0.717) is 19.0 Å². The third kappa shape index (κ3) is 3.22. The van der Waals surface area contributed by atoms with E-state index in [0.717, 1.165) is 19.6 Å². The first-order chi connectivity index (χ1) is 8.74. The van der Waals surface area contributed by atoms with Crippen LogP contribution in [-0.4, -0.2) is 67.6 Å². The Hall–Kier alpha value is -0.650. The molecule has 0 aromatic carbocycles. The van der Waals surface area contributed by atoms with Crippen molar-refractivity contribution in [2.75, 3.05) is 39.8 Å². The summed E-state index contributed by atoms with van der Waals surface area (Å²) < 4.78 is 0. The van der Waals surface area contributed by atoms with Crippen molar-refractivity contribution in [1.82, 2.24) is 15.1 Å². The number of piperidine rings is 1. The molecule has 3 N–H and O–H groups in total. The number of hydrogen-bond donors (Lipinski definition) is 2. The average Bonchev–Trinajstić information content (AvgIpc) is 2.44. The normalized spacial score (nSPS) is 27.6. The van der Waals surface area contributed by atoms with Crippen LogP contribution in [0.2, 0.25) is 0 Å². The number of amides is 1. The van der Waals surface area contributed by atoms with E-state index in [1.807, 2.05) is 0 Å². The Morgan fingerprint density at radius 1 is 1.39 bits per heavy atom. The number of piperazine rings is 1. The Morgan fingerprint density at radius 3 is 2.94 bits per heavy atom. The van der Waals surface area contributed by atoms with Crippen LogP contribution in [-0.2, 0) is 4.79 Å². The quantitative estimate of drug-likeness (QED) is 0.718. The summed E-state index contributed by atoms with van der Waals surface area (Å²) in [7, 11) is 1.69. The summed E-state index contributed by atoms with van der Waals surface area (Å²) in [6, 6.07) is 0.889. The van der Waals surface area contributed by atoms with Crippen molar-refractivity contribution < 1.29 is 4.79 Å². The lowest BCUT2D eigenvalue weighted by Crippen LogP contribution is -2.58. The maximum atomic E-state index is 11.5. The number of carbonyl (C=O) groups is 1. The molecular weight excluding hydrogens is 228 g/mol. The molecular formula is C13H26N4O. The molecule has 0 radical (unpaired) electrons. The molecule has 2 aliphatic rings. The Balaban J connectivity index is 1.89. The monoisotopic (exact) mass is 254 g/mol. The summed E-state index contributed by atoms with van der Waals surface area (Å²) in [6.07, 6.45) is 4.51. The van der Waals surface area contributed by atoms with Crippen LogP contribution in [0.3, 0.4) is 0 Å². The standard InChI is InChI=1S/C13H26N4O/c1-15-13(18)8-12(9-14)17-7-6-16-5-3-2-4-11(16)10-17/h11-12H,2-10,14H2,1H3,(H,15,18). The van der Waals surface area contributed by atoms with Gasteiger partial charge < -0.3 is 11.1 Å². The van der Waals surface area contributed by atoms with E-state index in [9.17, 15) is 4.79 Å². The van der Waals surface area contributed by atoms with Gasteiger partial charge in [0.15, 0.2) is 0 Å². The number of rotatable bonds is 4. The van der Waals surface area contributed by atoms with Crippen LogP contribution in [0.4, 0.5) is 0 Å². The molecule has 0 saturated carbocycles. The molecule has 2 heterocycles. The Morgan fingerprint density at radius 2 is 2.22 bits per heavy atom. The van der Waals surface area contributed by atoms with Gasteiger partial charge in [0.25, 0.3) is 0 Å². The second-order valence-electron chi connectivity index (χ2n) is 5.45. The molecule has 2 saturated heterocycles. The van der Waals surface area contributed by atoms with Crippen LogP contribution in [0.25, 0.3) is 0 Å². The lowest BCUT2D eigenvalue weighted by Gasteiger charge is -2.46. The molecule has 0 aromatic heterocycles. The van der Waals surface area contributed by atoms with Crippen LogP contribution in [0, 0.1) is 0 Å². The molecule has 2 unspecified atom stereocenters. The fourth-order valence-corrected chi connectivity index (χ4v) is 3.19. The number of fused-ring (bicyclic) bond motifs is 1. The molecule has 5 nitrogen and oxygen atoms in total. The maximum absolute atomic E-state index is 11.5. The van der Waals surface area contributed by atoms with Crippen LogP contribution in [0.15, 0.2) is 0 Å². The number of nitrogens with one attached hydrogen (secondary N) is 1. The van der Waals surface area contributed by atoms with Crippen molar-refractivity contribution in [3.8, 4) is 0 Å². The van der Waals surface area contributed by atoms with Gasteiger partial charge in [0.05, 0.1) is 0 Å². The summed E-state index contributed by atoms with van der Waals surface area (Å²) in [5.41, 5.74) is 5.84. The van der Waals surface area contributed by atoms with E-state index in [-0.39, 0.29) is 11.9 Å². The van der Waals surface area contributed by atoms with Gasteiger partial charge in [0.2, 0.25) is 5.91 Å². The van der Waals surface area contributed by atoms with Gasteiger partial charge in [-0.2, -0.15) is 0 Å². The topological polar surface area (TPSA) is 61.6 Å². The molecule has 5 heteroatoms. The highest BCUT2D eigenvalue weighted by Gasteiger charge is 2.32. The second-order valence-corrected chi connectivity index (χ2v) is 5.45. The second kappa shape index (κ2) is 6.50. The predicted molar refractivity (Wildman–Crippen MR) is 72.3 cm³/mol. The number of carbonyl (C=O) groups excluding carboxylic acids is 1. The first-order valence-corrected chi connectivity index (χ1v) is 7.13. The molecule has 104 valence electrons. The fourth-order valence-electron chi connectivity index (χ4n) is 3.19. The van der Waals surface area contributed by atoms with Crippen molar-refractivity contribution in [3.63, 3.8) is 0 Å². The number of nitrogens with two attached hydrogens (primary N) is 1. The molecule has 2 fully saturated rings. The highest BCUT2D eigenvalue weighted by Crippen LogP contribution is 2.22. The third-order valence-corrected chi connectivity index (χ3v) is 4.36. The average molecular weight is 254 g/mol. The van der Waals surface area contributed by atoms with Gasteiger partial charge in [-0.05, 0) is 19.4 Å². The van der Waals surface area contributed by atoms with Crippen molar-refractivity contribution in [1.29, 1.82) is 0 Å². The molecule has 18 heavy (non-hydrogen) atoms. The first kappa shape index (κ1) is 13.8. The van der Waals surface area contributed by atoms with E-state index in [1.165, 1.54) is 25.8 Å². The summed E-state index contributed by atoms with van der Waals surface area (Å²) in [5, 5.41) is 2.69. The van der Waals surface area contributed by atoms with Gasteiger partial charge in [0, 0.05) is 51.7 Å². The summed E-state index contributed by atoms with van der Waals surface area (Å²) >= 11 is 0. The van der Waals surface area contributed by atoms with Crippen molar-refractivity contribution in [2.45, 2.75) is 37.8 Å². The van der Waals surface area contributed by atoms with Gasteiger partial charge in [0.1, 0.15) is 0 Å². The highest BCUT2D eigenvalue weighted by molar-refractivity contribution is 5.76. The van der Waals surface area contributed by atoms with Crippen molar-refractivity contribution >= 4 is 5.91 Å². The van der Waals surface area contributed by atoms with Gasteiger partial charge in [-0.3, -0.25) is 14.6 Å². The van der Waals surface area contributed by atoms with Crippen LogP contribution in [0.5, 0.6) is 0 Å². The minimum absolute atomic E-state index is 0.0940. The van der Waals surface area contributed by atoms with E-state index >= 15 is 0 Å². The van der Waals surface area contributed by atoms with Gasteiger partial charge in [-0.25, -0.2) is 0 Å². The van der Waals surface area contributed by atoms with E-state index in [2.05, 4.69) is 15.1 Å². The number of nitrogens with zero attached hydrogens (tertiary/aromatic N) is 2. The molecule has 2 atom stereocenters. The molecule has 0 aromatic rings. The molecule has 0 bridgehead atoms. The highest BCUT2D eigenvalue weighted by atomic mass is 16.1. The van der Waals surface area contributed by atoms with Crippen molar-refractivity contribution in [2.24, 2.45) is 5.73 Å². The minimum Gasteiger partial charge on any atom is -0.359 e. The fraction of sp³-hybridized carbons (Fsp3) is 0.923. The molecule has 1 amide bonds. The van der Waals surface area contributed by atoms with Gasteiger partial charge in [-0.15, -0.1) is 0 Å². The predicted octanol–water partition coefficient (Wildman–Crippen LogP) is -0.380. The Kier molecular flexibility index (Phi) is 4.97. The Labute approximate surface area is 110 Å². The summed E-state index contributed by atoms with van der Waals surface area (Å²) in [5.74, 6) is 0.0940. The zero-order chi connectivity index (χ0) is 13.0. The largest absolute Gasteiger partial charge is 0.359 e. The van der Waals surface area contributed by atoms with Gasteiger partial charge >= 0.3 is 0 Å². The lowest BCUT2D eigenvalue weighted by molar-refractivity contribution is -0.122. The molecule has 2 aliphatic heterocycles. The zero-order valence-electron chi connectivity index (χ0n) is 11.4. The van der Waals surface area contributed by atoms with Gasteiger partial charge in [-0.1, -0.05) is 6.42 Å².